The molecular weight excluding hydrogens is 250 g/mol. The molecule has 118 valence electrons. The van der Waals surface area contributed by atoms with Crippen molar-refractivity contribution in [3.8, 4) is 0 Å². The van der Waals surface area contributed by atoms with Crippen LogP contribution in [-0.2, 0) is 4.79 Å². The fourth-order valence-electron chi connectivity index (χ4n) is 2.80. The van der Waals surface area contributed by atoms with Crippen LogP contribution >= 0.6 is 0 Å². The third-order valence-corrected chi connectivity index (χ3v) is 4.24. The fourth-order valence-corrected chi connectivity index (χ4v) is 2.80. The number of piperidine rings is 1. The highest BCUT2D eigenvalue weighted by molar-refractivity contribution is 5.81. The Balaban J connectivity index is 2.23. The molecular formula is C16H33N3O. The monoisotopic (exact) mass is 283 g/mol. The van der Waals surface area contributed by atoms with Crippen molar-refractivity contribution in [2.24, 2.45) is 0 Å². The van der Waals surface area contributed by atoms with E-state index in [0.717, 1.165) is 19.4 Å². The number of hydrogen-bond donors (Lipinski definition) is 2. The SMILES string of the molecule is CCCC(C)NC(=O)C(C)NCC(C)N1CCCCC1. The van der Waals surface area contributed by atoms with Crippen molar-refractivity contribution in [2.45, 2.75) is 77.9 Å². The van der Waals surface area contributed by atoms with Gasteiger partial charge in [0.25, 0.3) is 0 Å². The average molecular weight is 283 g/mol. The van der Waals surface area contributed by atoms with E-state index in [4.69, 9.17) is 0 Å². The van der Waals surface area contributed by atoms with Gasteiger partial charge in [0.1, 0.15) is 0 Å². The Labute approximate surface area is 124 Å². The minimum atomic E-state index is -0.110. The summed E-state index contributed by atoms with van der Waals surface area (Å²) in [6.07, 6.45) is 6.15. The molecule has 0 aromatic heterocycles. The number of rotatable bonds is 8. The van der Waals surface area contributed by atoms with Crippen molar-refractivity contribution in [3.05, 3.63) is 0 Å². The molecule has 0 radical (unpaired) electrons. The fraction of sp³-hybridized carbons (Fsp3) is 0.938. The van der Waals surface area contributed by atoms with Gasteiger partial charge in [0, 0.05) is 18.6 Å². The van der Waals surface area contributed by atoms with Gasteiger partial charge in [-0.1, -0.05) is 19.8 Å². The molecule has 0 aromatic carbocycles. The van der Waals surface area contributed by atoms with E-state index in [9.17, 15) is 4.79 Å². The molecule has 20 heavy (non-hydrogen) atoms. The molecule has 1 heterocycles. The van der Waals surface area contributed by atoms with Gasteiger partial charge in [-0.25, -0.2) is 0 Å². The lowest BCUT2D eigenvalue weighted by Crippen LogP contribution is -2.50. The number of nitrogens with zero attached hydrogens (tertiary/aromatic N) is 1. The first-order valence-corrected chi connectivity index (χ1v) is 8.32. The number of carbonyl (C=O) groups is 1. The summed E-state index contributed by atoms with van der Waals surface area (Å²) in [7, 11) is 0. The second-order valence-electron chi connectivity index (χ2n) is 6.27. The van der Waals surface area contributed by atoms with Gasteiger partial charge < -0.3 is 10.6 Å². The summed E-state index contributed by atoms with van der Waals surface area (Å²) in [5.74, 6) is 0.122. The maximum absolute atomic E-state index is 12.0. The number of nitrogens with one attached hydrogen (secondary N) is 2. The summed E-state index contributed by atoms with van der Waals surface area (Å²) in [6.45, 7) is 11.7. The van der Waals surface area contributed by atoms with E-state index in [0.29, 0.717) is 6.04 Å². The van der Waals surface area contributed by atoms with Crippen molar-refractivity contribution in [3.63, 3.8) is 0 Å². The lowest BCUT2D eigenvalue weighted by atomic mass is 10.1. The number of likely N-dealkylation sites (tertiary alicyclic amines) is 1. The summed E-state index contributed by atoms with van der Waals surface area (Å²) in [4.78, 5) is 14.6. The zero-order valence-electron chi connectivity index (χ0n) is 13.7. The van der Waals surface area contributed by atoms with Gasteiger partial charge in [-0.3, -0.25) is 9.69 Å². The Hall–Kier alpha value is -0.610. The number of carbonyl (C=O) groups excluding carboxylic acids is 1. The predicted molar refractivity (Wildman–Crippen MR) is 84.9 cm³/mol. The van der Waals surface area contributed by atoms with Gasteiger partial charge in [0.15, 0.2) is 0 Å². The third kappa shape index (κ3) is 6.23. The van der Waals surface area contributed by atoms with E-state index in [1.54, 1.807) is 0 Å². The summed E-state index contributed by atoms with van der Waals surface area (Å²) in [6, 6.07) is 0.677. The van der Waals surface area contributed by atoms with Crippen LogP contribution in [0.3, 0.4) is 0 Å². The van der Waals surface area contributed by atoms with E-state index in [2.05, 4.69) is 36.3 Å². The van der Waals surface area contributed by atoms with Crippen LogP contribution in [0, 0.1) is 0 Å². The maximum Gasteiger partial charge on any atom is 0.237 e. The van der Waals surface area contributed by atoms with Crippen molar-refractivity contribution in [1.29, 1.82) is 0 Å². The summed E-state index contributed by atoms with van der Waals surface area (Å²) >= 11 is 0. The lowest BCUT2D eigenvalue weighted by Gasteiger charge is -2.33. The molecule has 1 fully saturated rings. The highest BCUT2D eigenvalue weighted by Crippen LogP contribution is 2.11. The van der Waals surface area contributed by atoms with E-state index < -0.39 is 0 Å². The van der Waals surface area contributed by atoms with E-state index in [-0.39, 0.29) is 18.0 Å². The van der Waals surface area contributed by atoms with Crippen LogP contribution in [0.1, 0.15) is 59.8 Å². The molecule has 1 rings (SSSR count). The van der Waals surface area contributed by atoms with Gasteiger partial charge in [-0.2, -0.15) is 0 Å². The molecule has 0 bridgehead atoms. The minimum Gasteiger partial charge on any atom is -0.352 e. The average Bonchev–Trinajstić information content (AvgIpc) is 2.45. The summed E-state index contributed by atoms with van der Waals surface area (Å²) in [5, 5.41) is 6.44. The molecule has 2 N–H and O–H groups in total. The van der Waals surface area contributed by atoms with Gasteiger partial charge >= 0.3 is 0 Å². The van der Waals surface area contributed by atoms with Crippen LogP contribution in [0.5, 0.6) is 0 Å². The maximum atomic E-state index is 12.0. The molecule has 3 atom stereocenters. The van der Waals surface area contributed by atoms with Crippen LogP contribution < -0.4 is 10.6 Å². The normalized spacial score (nSPS) is 21.2. The zero-order chi connectivity index (χ0) is 15.0. The Morgan fingerprint density at radius 3 is 2.40 bits per heavy atom. The second kappa shape index (κ2) is 9.35. The number of amides is 1. The number of hydrogen-bond acceptors (Lipinski definition) is 3. The largest absolute Gasteiger partial charge is 0.352 e. The molecule has 1 aliphatic rings. The molecule has 0 aliphatic carbocycles. The van der Waals surface area contributed by atoms with Crippen molar-refractivity contribution in [1.82, 2.24) is 15.5 Å². The highest BCUT2D eigenvalue weighted by atomic mass is 16.2. The Bertz CT molecular complexity index is 277. The van der Waals surface area contributed by atoms with Gasteiger partial charge in [-0.15, -0.1) is 0 Å². The van der Waals surface area contributed by atoms with Crippen LogP contribution in [0.2, 0.25) is 0 Å². The molecule has 0 spiro atoms. The summed E-state index contributed by atoms with van der Waals surface area (Å²) < 4.78 is 0. The van der Waals surface area contributed by atoms with Crippen LogP contribution in [-0.4, -0.2) is 48.6 Å². The second-order valence-corrected chi connectivity index (χ2v) is 6.27. The standard InChI is InChI=1S/C16H33N3O/c1-5-9-13(2)18-16(20)15(4)17-12-14(3)19-10-7-6-8-11-19/h13-15,17H,5-12H2,1-4H3,(H,18,20). The van der Waals surface area contributed by atoms with Crippen molar-refractivity contribution in [2.75, 3.05) is 19.6 Å². The van der Waals surface area contributed by atoms with Crippen LogP contribution in [0.4, 0.5) is 0 Å². The molecule has 1 saturated heterocycles. The van der Waals surface area contributed by atoms with E-state index in [1.165, 1.54) is 32.4 Å². The summed E-state index contributed by atoms with van der Waals surface area (Å²) in [5.41, 5.74) is 0. The topological polar surface area (TPSA) is 44.4 Å². The third-order valence-electron chi connectivity index (χ3n) is 4.24. The van der Waals surface area contributed by atoms with Crippen molar-refractivity contribution < 1.29 is 4.79 Å². The minimum absolute atomic E-state index is 0.110. The first-order chi connectivity index (χ1) is 9.54. The molecule has 3 unspecified atom stereocenters. The first-order valence-electron chi connectivity index (χ1n) is 8.32. The Morgan fingerprint density at radius 1 is 1.15 bits per heavy atom. The van der Waals surface area contributed by atoms with Crippen LogP contribution in [0.25, 0.3) is 0 Å². The van der Waals surface area contributed by atoms with Gasteiger partial charge in [-0.05, 0) is 53.1 Å². The van der Waals surface area contributed by atoms with Crippen LogP contribution in [0.15, 0.2) is 0 Å². The van der Waals surface area contributed by atoms with E-state index in [1.807, 2.05) is 6.92 Å². The van der Waals surface area contributed by atoms with Crippen molar-refractivity contribution >= 4 is 5.91 Å². The van der Waals surface area contributed by atoms with E-state index >= 15 is 0 Å². The molecule has 4 heteroatoms. The zero-order valence-corrected chi connectivity index (χ0v) is 13.7. The lowest BCUT2D eigenvalue weighted by molar-refractivity contribution is -0.123. The molecule has 1 amide bonds. The van der Waals surface area contributed by atoms with Gasteiger partial charge in [0.05, 0.1) is 6.04 Å². The molecule has 1 aliphatic heterocycles. The highest BCUT2D eigenvalue weighted by Gasteiger charge is 2.19. The quantitative estimate of drug-likeness (QED) is 0.717. The first kappa shape index (κ1) is 17.4. The Kier molecular flexibility index (Phi) is 8.15. The molecule has 4 nitrogen and oxygen atoms in total. The molecule has 0 saturated carbocycles. The van der Waals surface area contributed by atoms with Gasteiger partial charge in [0.2, 0.25) is 5.91 Å². The Morgan fingerprint density at radius 2 is 1.80 bits per heavy atom. The predicted octanol–water partition coefficient (Wildman–Crippen LogP) is 2.14. The smallest absolute Gasteiger partial charge is 0.237 e. The molecule has 0 aromatic rings.